The van der Waals surface area contributed by atoms with E-state index < -0.39 is 0 Å². The molecule has 26 heavy (non-hydrogen) atoms. The molecule has 0 saturated heterocycles. The van der Waals surface area contributed by atoms with Crippen molar-refractivity contribution in [3.05, 3.63) is 80.9 Å². The molecular weight excluding hydrogens is 346 g/mol. The highest BCUT2D eigenvalue weighted by atomic mass is 32.1. The Bertz CT molecular complexity index is 1140. The first-order chi connectivity index (χ1) is 12.4. The molecule has 6 heteroatoms. The quantitative estimate of drug-likeness (QED) is 0.540. The highest BCUT2D eigenvalue weighted by Gasteiger charge is 2.11. The van der Waals surface area contributed by atoms with Crippen molar-refractivity contribution in [2.45, 2.75) is 20.4 Å². The third-order valence-electron chi connectivity index (χ3n) is 4.32. The van der Waals surface area contributed by atoms with Crippen LogP contribution >= 0.6 is 12.2 Å². The summed E-state index contributed by atoms with van der Waals surface area (Å²) in [7, 11) is 0. The number of aromatic nitrogens is 2. The van der Waals surface area contributed by atoms with Crippen molar-refractivity contribution in [3.8, 4) is 0 Å². The summed E-state index contributed by atoms with van der Waals surface area (Å²) in [6.07, 6.45) is 1.61. The Hall–Kier alpha value is -2.99. The average Bonchev–Trinajstić information content (AvgIpc) is 2.61. The van der Waals surface area contributed by atoms with Crippen molar-refractivity contribution < 1.29 is 4.79 Å². The molecular formula is C20H19N3O2S. The molecule has 0 atom stereocenters. The molecule has 3 aromatic rings. The fraction of sp³-hybridized carbons (Fsp3) is 0.150. The summed E-state index contributed by atoms with van der Waals surface area (Å²) in [5.41, 5.74) is 3.78. The van der Waals surface area contributed by atoms with Crippen LogP contribution in [0.25, 0.3) is 10.9 Å². The minimum atomic E-state index is -0.246. The molecule has 0 saturated carbocycles. The van der Waals surface area contributed by atoms with Gasteiger partial charge in [-0.1, -0.05) is 12.1 Å². The number of hydrogen-bond donors (Lipinski definition) is 2. The number of aryl methyl sites for hydroxylation is 2. The smallest absolute Gasteiger partial charge is 0.262 e. The molecule has 0 spiro atoms. The van der Waals surface area contributed by atoms with E-state index in [1.54, 1.807) is 24.3 Å². The SMILES string of the molecule is C=CCn1c(=S)[nH]c2cc(C(=O)Nc3ccc(C)c(C)c3)ccc2c1=O. The Balaban J connectivity index is 1.98. The summed E-state index contributed by atoms with van der Waals surface area (Å²) < 4.78 is 1.73. The zero-order chi connectivity index (χ0) is 18.8. The van der Waals surface area contributed by atoms with E-state index in [1.807, 2.05) is 32.0 Å². The molecule has 3 rings (SSSR count). The molecule has 0 aliphatic rings. The van der Waals surface area contributed by atoms with E-state index in [0.717, 1.165) is 16.8 Å². The normalized spacial score (nSPS) is 10.7. The van der Waals surface area contributed by atoms with Crippen molar-refractivity contribution >= 4 is 34.7 Å². The fourth-order valence-electron chi connectivity index (χ4n) is 2.71. The van der Waals surface area contributed by atoms with E-state index in [0.29, 0.717) is 27.8 Å². The van der Waals surface area contributed by atoms with Crippen LogP contribution in [0, 0.1) is 18.6 Å². The number of allylic oxidation sites excluding steroid dienone is 1. The Morgan fingerprint density at radius 1 is 1.23 bits per heavy atom. The third-order valence-corrected chi connectivity index (χ3v) is 4.64. The fourth-order valence-corrected chi connectivity index (χ4v) is 2.98. The Labute approximate surface area is 156 Å². The first-order valence-electron chi connectivity index (χ1n) is 8.17. The largest absolute Gasteiger partial charge is 0.332 e. The van der Waals surface area contributed by atoms with Crippen molar-refractivity contribution in [2.75, 3.05) is 5.32 Å². The summed E-state index contributed by atoms with van der Waals surface area (Å²) in [4.78, 5) is 28.1. The predicted molar refractivity (Wildman–Crippen MR) is 107 cm³/mol. The van der Waals surface area contributed by atoms with Crippen LogP contribution in [0.1, 0.15) is 21.5 Å². The highest BCUT2D eigenvalue weighted by molar-refractivity contribution is 7.71. The van der Waals surface area contributed by atoms with Crippen LogP contribution in [0.4, 0.5) is 5.69 Å². The minimum absolute atomic E-state index is 0.204. The van der Waals surface area contributed by atoms with Crippen molar-refractivity contribution in [1.29, 1.82) is 0 Å². The lowest BCUT2D eigenvalue weighted by atomic mass is 10.1. The first kappa shape index (κ1) is 17.8. The Morgan fingerprint density at radius 3 is 2.69 bits per heavy atom. The van der Waals surface area contributed by atoms with Gasteiger partial charge in [-0.15, -0.1) is 6.58 Å². The monoisotopic (exact) mass is 365 g/mol. The van der Waals surface area contributed by atoms with Crippen LogP contribution in [-0.4, -0.2) is 15.5 Å². The van der Waals surface area contributed by atoms with Crippen LogP contribution in [0.2, 0.25) is 0 Å². The van der Waals surface area contributed by atoms with Gasteiger partial charge in [0, 0.05) is 17.8 Å². The van der Waals surface area contributed by atoms with Gasteiger partial charge in [-0.05, 0) is 67.5 Å². The second-order valence-electron chi connectivity index (χ2n) is 6.15. The topological polar surface area (TPSA) is 66.9 Å². The van der Waals surface area contributed by atoms with Crippen molar-refractivity contribution in [2.24, 2.45) is 0 Å². The number of hydrogen-bond acceptors (Lipinski definition) is 3. The van der Waals surface area contributed by atoms with Crippen LogP contribution in [0.15, 0.2) is 53.8 Å². The zero-order valence-electron chi connectivity index (χ0n) is 14.6. The summed E-state index contributed by atoms with van der Waals surface area (Å²) >= 11 is 5.23. The summed E-state index contributed by atoms with van der Waals surface area (Å²) in [5, 5.41) is 3.35. The van der Waals surface area contributed by atoms with E-state index in [2.05, 4.69) is 16.9 Å². The lowest BCUT2D eigenvalue weighted by Gasteiger charge is -2.09. The lowest BCUT2D eigenvalue weighted by Crippen LogP contribution is -2.22. The molecule has 0 radical (unpaired) electrons. The molecule has 0 bridgehead atoms. The van der Waals surface area contributed by atoms with Gasteiger partial charge in [0.05, 0.1) is 10.9 Å². The molecule has 2 N–H and O–H groups in total. The van der Waals surface area contributed by atoms with E-state index in [4.69, 9.17) is 12.2 Å². The Morgan fingerprint density at radius 2 is 2.00 bits per heavy atom. The van der Waals surface area contributed by atoms with Gasteiger partial charge in [0.2, 0.25) is 0 Å². The van der Waals surface area contributed by atoms with Gasteiger partial charge < -0.3 is 10.3 Å². The minimum Gasteiger partial charge on any atom is -0.332 e. The summed E-state index contributed by atoms with van der Waals surface area (Å²) in [6, 6.07) is 10.7. The number of carbonyl (C=O) groups excluding carboxylic acids is 1. The number of rotatable bonds is 4. The molecule has 0 aliphatic heterocycles. The molecule has 0 aliphatic carbocycles. The molecule has 0 unspecified atom stereocenters. The number of nitrogens with one attached hydrogen (secondary N) is 2. The second-order valence-corrected chi connectivity index (χ2v) is 6.53. The van der Waals surface area contributed by atoms with E-state index in [-0.39, 0.29) is 11.5 Å². The van der Waals surface area contributed by atoms with E-state index in [9.17, 15) is 9.59 Å². The third kappa shape index (κ3) is 3.36. The van der Waals surface area contributed by atoms with Gasteiger partial charge in [0.1, 0.15) is 0 Å². The van der Waals surface area contributed by atoms with Gasteiger partial charge in [-0.3, -0.25) is 14.2 Å². The van der Waals surface area contributed by atoms with Crippen LogP contribution in [0.5, 0.6) is 0 Å². The van der Waals surface area contributed by atoms with Crippen LogP contribution < -0.4 is 10.9 Å². The van der Waals surface area contributed by atoms with Crippen LogP contribution in [-0.2, 0) is 6.54 Å². The van der Waals surface area contributed by atoms with Crippen molar-refractivity contribution in [3.63, 3.8) is 0 Å². The zero-order valence-corrected chi connectivity index (χ0v) is 15.4. The number of fused-ring (bicyclic) bond motifs is 1. The lowest BCUT2D eigenvalue weighted by molar-refractivity contribution is 0.102. The standard InChI is InChI=1S/C20H19N3O2S/c1-4-9-23-19(25)16-8-6-14(11-17(16)22-20(23)26)18(24)21-15-7-5-12(2)13(3)10-15/h4-8,10-11H,1,9H2,2-3H3,(H,21,24)(H,22,26). The number of H-pyrrole nitrogens is 1. The average molecular weight is 365 g/mol. The number of anilines is 1. The molecule has 132 valence electrons. The van der Waals surface area contributed by atoms with Crippen LogP contribution in [0.3, 0.4) is 0 Å². The summed E-state index contributed by atoms with van der Waals surface area (Å²) in [5.74, 6) is -0.246. The maximum absolute atomic E-state index is 12.5. The van der Waals surface area contributed by atoms with Gasteiger partial charge in [0.25, 0.3) is 11.5 Å². The number of aromatic amines is 1. The number of amides is 1. The van der Waals surface area contributed by atoms with Gasteiger partial charge in [0.15, 0.2) is 4.77 Å². The molecule has 1 aromatic heterocycles. The van der Waals surface area contributed by atoms with Gasteiger partial charge >= 0.3 is 0 Å². The first-order valence-corrected chi connectivity index (χ1v) is 8.58. The highest BCUT2D eigenvalue weighted by Crippen LogP contribution is 2.17. The molecule has 1 heterocycles. The number of carbonyl (C=O) groups is 1. The van der Waals surface area contributed by atoms with Crippen molar-refractivity contribution in [1.82, 2.24) is 9.55 Å². The van der Waals surface area contributed by atoms with Gasteiger partial charge in [-0.2, -0.15) is 0 Å². The second kappa shape index (κ2) is 7.09. The maximum Gasteiger partial charge on any atom is 0.262 e. The Kier molecular flexibility index (Phi) is 4.86. The maximum atomic E-state index is 12.5. The number of nitrogens with zero attached hydrogens (tertiary/aromatic N) is 1. The number of benzene rings is 2. The predicted octanol–water partition coefficient (Wildman–Crippen LogP) is 4.11. The molecule has 0 fully saturated rings. The molecule has 5 nitrogen and oxygen atoms in total. The molecule has 2 aromatic carbocycles. The van der Waals surface area contributed by atoms with Gasteiger partial charge in [-0.25, -0.2) is 0 Å². The van der Waals surface area contributed by atoms with E-state index >= 15 is 0 Å². The van der Waals surface area contributed by atoms with E-state index in [1.165, 1.54) is 4.57 Å². The molecule has 1 amide bonds. The summed E-state index contributed by atoms with van der Waals surface area (Å²) in [6.45, 7) is 7.98.